The van der Waals surface area contributed by atoms with Crippen molar-refractivity contribution >= 4 is 0 Å². The number of ether oxygens (including phenoxy) is 3. The fraction of sp³-hybridized carbons (Fsp3) is 0.600. The number of rotatable bonds is 6. The summed E-state index contributed by atoms with van der Waals surface area (Å²) in [5.41, 5.74) is 0. The van der Waals surface area contributed by atoms with Crippen LogP contribution in [0.4, 0.5) is 0 Å². The van der Waals surface area contributed by atoms with Gasteiger partial charge in [0, 0.05) is 12.8 Å². The summed E-state index contributed by atoms with van der Waals surface area (Å²) in [6.07, 6.45) is 2.23. The maximum Gasteiger partial charge on any atom is 0.0991 e. The molecule has 2 unspecified atom stereocenters. The van der Waals surface area contributed by atoms with Gasteiger partial charge in [0.25, 0.3) is 0 Å². The van der Waals surface area contributed by atoms with Gasteiger partial charge in [-0.25, -0.2) is 0 Å². The highest BCUT2D eigenvalue weighted by molar-refractivity contribution is 4.99. The first-order chi connectivity index (χ1) is 6.24. The van der Waals surface area contributed by atoms with E-state index in [-0.39, 0.29) is 0 Å². The summed E-state index contributed by atoms with van der Waals surface area (Å²) in [5.74, 6) is 1.49. The average Bonchev–Trinajstić information content (AvgIpc) is 2.81. The molecule has 2 atom stereocenters. The topological polar surface area (TPSA) is 34.3 Å². The van der Waals surface area contributed by atoms with Crippen LogP contribution in [-0.2, 0) is 14.2 Å². The van der Waals surface area contributed by atoms with E-state index in [1.54, 1.807) is 0 Å². The first-order valence-electron chi connectivity index (χ1n) is 4.50. The Bertz CT molecular complexity index is 202. The fourth-order valence-corrected chi connectivity index (χ4v) is 1.17. The normalized spacial score (nSPS) is 29.5. The van der Waals surface area contributed by atoms with Gasteiger partial charge in [-0.1, -0.05) is 13.2 Å². The molecule has 3 heteroatoms. The molecule has 3 nitrogen and oxygen atoms in total. The Morgan fingerprint density at radius 3 is 1.77 bits per heavy atom. The molecular formula is C10H14O3. The zero-order valence-electron chi connectivity index (χ0n) is 7.62. The molecule has 0 spiro atoms. The van der Waals surface area contributed by atoms with E-state index in [9.17, 15) is 0 Å². The summed E-state index contributed by atoms with van der Waals surface area (Å²) in [4.78, 5) is 0. The Hall–Kier alpha value is -0.800. The minimum atomic E-state index is 0.331. The van der Waals surface area contributed by atoms with Crippen LogP contribution in [0, 0.1) is 0 Å². The molecule has 72 valence electrons. The number of hydrogen-bond donors (Lipinski definition) is 0. The van der Waals surface area contributed by atoms with Crippen molar-refractivity contribution in [1.29, 1.82) is 0 Å². The minimum Gasteiger partial charge on any atom is -0.467 e. The Kier molecular flexibility index (Phi) is 2.38. The Morgan fingerprint density at radius 1 is 1.08 bits per heavy atom. The van der Waals surface area contributed by atoms with Crippen LogP contribution in [0.25, 0.3) is 0 Å². The van der Waals surface area contributed by atoms with Crippen LogP contribution >= 0.6 is 0 Å². The quantitative estimate of drug-likeness (QED) is 0.462. The standard InChI is InChI=1S/C10H14O3/c1-7(3-9-5-11-9)13-8(2)4-10-6-12-10/h9-10H,1-6H2. The van der Waals surface area contributed by atoms with Crippen LogP contribution in [0.1, 0.15) is 12.8 Å². The third-order valence-corrected chi connectivity index (χ3v) is 2.00. The highest BCUT2D eigenvalue weighted by atomic mass is 16.6. The molecule has 2 heterocycles. The van der Waals surface area contributed by atoms with Gasteiger partial charge in [-0.3, -0.25) is 0 Å². The van der Waals surface area contributed by atoms with Crippen molar-refractivity contribution in [2.24, 2.45) is 0 Å². The van der Waals surface area contributed by atoms with Crippen molar-refractivity contribution in [3.05, 3.63) is 24.7 Å². The van der Waals surface area contributed by atoms with E-state index in [0.717, 1.165) is 37.6 Å². The Morgan fingerprint density at radius 2 is 1.46 bits per heavy atom. The number of epoxide rings is 2. The Balaban J connectivity index is 1.62. The van der Waals surface area contributed by atoms with Gasteiger partial charge in [-0.05, 0) is 0 Å². The first-order valence-corrected chi connectivity index (χ1v) is 4.50. The molecule has 0 amide bonds. The van der Waals surface area contributed by atoms with Crippen molar-refractivity contribution in [3.63, 3.8) is 0 Å². The summed E-state index contributed by atoms with van der Waals surface area (Å²) in [5, 5.41) is 0. The van der Waals surface area contributed by atoms with E-state index in [1.807, 2.05) is 0 Å². The van der Waals surface area contributed by atoms with Crippen LogP contribution in [-0.4, -0.2) is 25.4 Å². The summed E-state index contributed by atoms with van der Waals surface area (Å²) < 4.78 is 15.5. The molecule has 2 saturated heterocycles. The van der Waals surface area contributed by atoms with Gasteiger partial charge in [0.05, 0.1) is 36.9 Å². The van der Waals surface area contributed by atoms with Gasteiger partial charge in [0.1, 0.15) is 0 Å². The number of hydrogen-bond acceptors (Lipinski definition) is 3. The second-order valence-corrected chi connectivity index (χ2v) is 3.50. The molecule has 2 fully saturated rings. The molecule has 2 aliphatic heterocycles. The molecule has 0 saturated carbocycles. The van der Waals surface area contributed by atoms with E-state index in [4.69, 9.17) is 14.2 Å². The predicted octanol–water partition coefficient (Wildman–Crippen LogP) is 1.61. The molecule has 0 aromatic heterocycles. The third kappa shape index (κ3) is 3.20. The lowest BCUT2D eigenvalue weighted by Crippen LogP contribution is -1.97. The second-order valence-electron chi connectivity index (χ2n) is 3.50. The van der Waals surface area contributed by atoms with Gasteiger partial charge >= 0.3 is 0 Å². The molecule has 13 heavy (non-hydrogen) atoms. The summed E-state index contributed by atoms with van der Waals surface area (Å²) >= 11 is 0. The minimum absolute atomic E-state index is 0.331. The highest BCUT2D eigenvalue weighted by Gasteiger charge is 2.26. The summed E-state index contributed by atoms with van der Waals surface area (Å²) in [6.45, 7) is 9.27. The monoisotopic (exact) mass is 182 g/mol. The van der Waals surface area contributed by atoms with Crippen LogP contribution < -0.4 is 0 Å². The second kappa shape index (κ2) is 3.52. The lowest BCUT2D eigenvalue weighted by atomic mass is 10.3. The Labute approximate surface area is 78.0 Å². The molecule has 0 radical (unpaired) electrons. The lowest BCUT2D eigenvalue weighted by molar-refractivity contribution is 0.256. The van der Waals surface area contributed by atoms with E-state index in [2.05, 4.69) is 13.2 Å². The average molecular weight is 182 g/mol. The molecule has 2 aliphatic rings. The summed E-state index contributed by atoms with van der Waals surface area (Å²) in [6, 6.07) is 0. The summed E-state index contributed by atoms with van der Waals surface area (Å²) in [7, 11) is 0. The van der Waals surface area contributed by atoms with Gasteiger partial charge in [0.15, 0.2) is 0 Å². The van der Waals surface area contributed by atoms with Crippen LogP contribution in [0.3, 0.4) is 0 Å². The zero-order valence-corrected chi connectivity index (χ0v) is 7.62. The van der Waals surface area contributed by atoms with Gasteiger partial charge in [-0.2, -0.15) is 0 Å². The van der Waals surface area contributed by atoms with Crippen molar-refractivity contribution in [2.45, 2.75) is 25.0 Å². The first kappa shape index (κ1) is 8.78. The van der Waals surface area contributed by atoms with Crippen LogP contribution in [0.5, 0.6) is 0 Å². The molecule has 0 aromatic carbocycles. The molecular weight excluding hydrogens is 168 g/mol. The third-order valence-electron chi connectivity index (χ3n) is 2.00. The lowest BCUT2D eigenvalue weighted by Gasteiger charge is -2.08. The van der Waals surface area contributed by atoms with Crippen molar-refractivity contribution < 1.29 is 14.2 Å². The molecule has 0 aliphatic carbocycles. The zero-order chi connectivity index (χ0) is 9.26. The molecule has 0 N–H and O–H groups in total. The molecule has 2 rings (SSSR count). The largest absolute Gasteiger partial charge is 0.467 e. The fourth-order valence-electron chi connectivity index (χ4n) is 1.17. The van der Waals surface area contributed by atoms with E-state index in [1.165, 1.54) is 0 Å². The highest BCUT2D eigenvalue weighted by Crippen LogP contribution is 2.24. The van der Waals surface area contributed by atoms with E-state index in [0.29, 0.717) is 12.2 Å². The van der Waals surface area contributed by atoms with Crippen LogP contribution in [0.2, 0.25) is 0 Å². The maximum atomic E-state index is 5.40. The van der Waals surface area contributed by atoms with Gasteiger partial charge in [-0.15, -0.1) is 0 Å². The maximum absolute atomic E-state index is 5.40. The smallest absolute Gasteiger partial charge is 0.0991 e. The van der Waals surface area contributed by atoms with Crippen molar-refractivity contribution in [3.8, 4) is 0 Å². The van der Waals surface area contributed by atoms with E-state index >= 15 is 0 Å². The van der Waals surface area contributed by atoms with Crippen molar-refractivity contribution in [1.82, 2.24) is 0 Å². The predicted molar refractivity (Wildman–Crippen MR) is 48.1 cm³/mol. The van der Waals surface area contributed by atoms with Gasteiger partial charge in [0.2, 0.25) is 0 Å². The SMILES string of the molecule is C=C(CC1CO1)OC(=C)CC1CO1. The van der Waals surface area contributed by atoms with E-state index < -0.39 is 0 Å². The van der Waals surface area contributed by atoms with Gasteiger partial charge < -0.3 is 14.2 Å². The van der Waals surface area contributed by atoms with Crippen molar-refractivity contribution in [2.75, 3.05) is 13.2 Å². The van der Waals surface area contributed by atoms with Crippen LogP contribution in [0.15, 0.2) is 24.7 Å². The molecule has 0 aromatic rings. The molecule has 0 bridgehead atoms.